The van der Waals surface area contributed by atoms with Gasteiger partial charge in [-0.3, -0.25) is 0 Å². The number of allylic oxidation sites excluding steroid dienone is 2. The first-order valence-corrected chi connectivity index (χ1v) is 25.1. The Bertz CT molecular complexity index is 4020. The summed E-state index contributed by atoms with van der Waals surface area (Å²) in [7, 11) is 0. The molecule has 14 rings (SSSR count). The van der Waals surface area contributed by atoms with Crippen LogP contribution in [-0.4, -0.2) is 0 Å². The molecule has 3 aliphatic carbocycles. The summed E-state index contributed by atoms with van der Waals surface area (Å²) in [6.45, 7) is 9.56. The van der Waals surface area contributed by atoms with Crippen LogP contribution in [-0.2, 0) is 23.7 Å². The van der Waals surface area contributed by atoms with Gasteiger partial charge in [-0.2, -0.15) is 0 Å². The van der Waals surface area contributed by atoms with Crippen LogP contribution in [0, 0.1) is 0 Å². The Morgan fingerprint density at radius 1 is 0.257 bits per heavy atom. The summed E-state index contributed by atoms with van der Waals surface area (Å²) in [4.78, 5) is 0. The Morgan fingerprint density at radius 3 is 1.16 bits per heavy atom. The van der Waals surface area contributed by atoms with E-state index < -0.39 is 0 Å². The van der Waals surface area contributed by atoms with Crippen molar-refractivity contribution < 1.29 is 0 Å². The molecule has 0 N–H and O–H groups in total. The number of fused-ring (bicyclic) bond motifs is 10. The Balaban J connectivity index is 0.974. The molecule has 0 aromatic heterocycles. The van der Waals surface area contributed by atoms with Crippen molar-refractivity contribution in [3.8, 4) is 77.9 Å². The van der Waals surface area contributed by atoms with Crippen molar-refractivity contribution >= 4 is 32.3 Å². The van der Waals surface area contributed by atoms with Crippen molar-refractivity contribution in [3.05, 3.63) is 252 Å². The maximum atomic E-state index is 2.51. The van der Waals surface area contributed by atoms with Crippen LogP contribution in [0.5, 0.6) is 0 Å². The van der Waals surface area contributed by atoms with Crippen molar-refractivity contribution in [2.75, 3.05) is 0 Å². The zero-order valence-corrected chi connectivity index (χ0v) is 40.2. The van der Waals surface area contributed by atoms with Gasteiger partial charge in [-0.05, 0) is 175 Å². The summed E-state index contributed by atoms with van der Waals surface area (Å²) in [5, 5.41) is 7.74. The fraction of sp³-hybridized carbons (Fsp3) is 0.114. The molecular formula is C70H52. The van der Waals surface area contributed by atoms with Crippen LogP contribution in [0.3, 0.4) is 0 Å². The van der Waals surface area contributed by atoms with E-state index in [1.54, 1.807) is 0 Å². The Hall–Kier alpha value is -8.06. The predicted molar refractivity (Wildman–Crippen MR) is 298 cm³/mol. The summed E-state index contributed by atoms with van der Waals surface area (Å²) in [6, 6.07) is 78.4. The molecule has 11 aromatic carbocycles. The van der Waals surface area contributed by atoms with E-state index in [2.05, 4.69) is 246 Å². The van der Waals surface area contributed by atoms with Gasteiger partial charge >= 0.3 is 0 Å². The lowest BCUT2D eigenvalue weighted by Crippen LogP contribution is -2.15. The van der Waals surface area contributed by atoms with Crippen LogP contribution in [0.25, 0.3) is 110 Å². The number of hydrogen-bond acceptors (Lipinski definition) is 0. The third-order valence-electron chi connectivity index (χ3n) is 16.6. The predicted octanol–water partition coefficient (Wildman–Crippen LogP) is 18.7. The van der Waals surface area contributed by atoms with E-state index in [1.165, 1.54) is 144 Å². The Labute approximate surface area is 411 Å². The van der Waals surface area contributed by atoms with E-state index in [9.17, 15) is 0 Å². The zero-order valence-electron chi connectivity index (χ0n) is 40.2. The van der Waals surface area contributed by atoms with Crippen LogP contribution in [0.1, 0.15) is 61.1 Å². The molecule has 0 aliphatic heterocycles. The normalized spacial score (nSPS) is 14.6. The van der Waals surface area contributed by atoms with Crippen molar-refractivity contribution in [1.82, 2.24) is 0 Å². The maximum absolute atomic E-state index is 2.51. The third kappa shape index (κ3) is 5.90. The van der Waals surface area contributed by atoms with Gasteiger partial charge in [0.25, 0.3) is 0 Å². The quantitative estimate of drug-likeness (QED) is 0.119. The Kier molecular flexibility index (Phi) is 8.91. The molecule has 3 aliphatic rings. The minimum absolute atomic E-state index is 0.103. The molecule has 0 nitrogen and oxygen atoms in total. The van der Waals surface area contributed by atoms with E-state index in [-0.39, 0.29) is 10.8 Å². The molecule has 0 radical (unpaired) electrons. The van der Waals surface area contributed by atoms with E-state index in [4.69, 9.17) is 0 Å². The number of hydrogen-bond donors (Lipinski definition) is 0. The minimum Gasteiger partial charge on any atom is -0.0838 e. The van der Waals surface area contributed by atoms with E-state index in [0.717, 1.165) is 12.8 Å². The summed E-state index contributed by atoms with van der Waals surface area (Å²) < 4.78 is 0. The van der Waals surface area contributed by atoms with E-state index >= 15 is 0 Å². The second-order valence-corrected chi connectivity index (χ2v) is 21.0. The topological polar surface area (TPSA) is 0 Å². The van der Waals surface area contributed by atoms with Crippen molar-refractivity contribution in [2.45, 2.75) is 51.4 Å². The fourth-order valence-corrected chi connectivity index (χ4v) is 13.2. The van der Waals surface area contributed by atoms with Crippen LogP contribution in [0.15, 0.2) is 218 Å². The summed E-state index contributed by atoms with van der Waals surface area (Å²) in [5.74, 6) is 0. The highest BCUT2D eigenvalue weighted by Gasteiger charge is 2.37. The lowest BCUT2D eigenvalue weighted by molar-refractivity contribution is 0.660. The monoisotopic (exact) mass is 892 g/mol. The van der Waals surface area contributed by atoms with Crippen LogP contribution in [0.2, 0.25) is 0 Å². The molecule has 0 saturated heterocycles. The second kappa shape index (κ2) is 15.2. The van der Waals surface area contributed by atoms with Crippen LogP contribution >= 0.6 is 0 Å². The largest absolute Gasteiger partial charge is 0.0838 e. The van der Waals surface area contributed by atoms with Crippen molar-refractivity contribution in [1.29, 1.82) is 0 Å². The molecule has 0 unspecified atom stereocenters. The highest BCUT2D eigenvalue weighted by Crippen LogP contribution is 2.54. The first kappa shape index (κ1) is 41.0. The summed E-state index contributed by atoms with van der Waals surface area (Å²) >= 11 is 0. The number of benzene rings is 11. The highest BCUT2D eigenvalue weighted by atomic mass is 14.4. The van der Waals surface area contributed by atoms with Gasteiger partial charge < -0.3 is 0 Å². The van der Waals surface area contributed by atoms with Gasteiger partial charge in [0.05, 0.1) is 0 Å². The lowest BCUT2D eigenvalue weighted by Gasteiger charge is -2.24. The SMILES string of the molecule is CC1(C)c2ccccc2-c2ccc(-c3c4ccccc4c(-c4ccc5c(c4)C(C)(C)c4ccccc4-5)c4cc(-c5ccc(-c6c7c(c(-c8ccccc8)c8ccccc68)CC=CC7)cc5)ccc34)cc21. The van der Waals surface area contributed by atoms with Crippen molar-refractivity contribution in [3.63, 3.8) is 0 Å². The first-order chi connectivity index (χ1) is 34.3. The lowest BCUT2D eigenvalue weighted by atomic mass is 9.79. The number of rotatable bonds is 5. The molecule has 0 saturated carbocycles. The van der Waals surface area contributed by atoms with Gasteiger partial charge in [0.2, 0.25) is 0 Å². The van der Waals surface area contributed by atoms with Gasteiger partial charge in [-0.15, -0.1) is 0 Å². The standard InChI is InChI=1S/C70H52/c1-69(2)61-28-16-14-20-49(61)51-37-35-47(41-63(51)69)67-57-26-12-13-27-58(57)68(48-36-38-52-50-21-15-17-29-62(50)70(3,4)64(52)42-48)60-40-46(34-39-59(60)67)43-30-32-45(33-31-43)66-55-24-10-8-22-53(55)65(44-18-6-5-7-19-44)54-23-9-11-25-56(54)66/h5-22,24,26-42H,23,25H2,1-4H3. The van der Waals surface area contributed by atoms with Gasteiger partial charge in [0.1, 0.15) is 0 Å². The second-order valence-electron chi connectivity index (χ2n) is 21.0. The van der Waals surface area contributed by atoms with Crippen LogP contribution < -0.4 is 0 Å². The molecule has 0 spiro atoms. The van der Waals surface area contributed by atoms with Gasteiger partial charge in [0, 0.05) is 10.8 Å². The minimum atomic E-state index is -0.113. The van der Waals surface area contributed by atoms with Gasteiger partial charge in [-0.1, -0.05) is 228 Å². The maximum Gasteiger partial charge on any atom is 0.0159 e. The molecule has 70 heavy (non-hydrogen) atoms. The van der Waals surface area contributed by atoms with Crippen molar-refractivity contribution in [2.24, 2.45) is 0 Å². The van der Waals surface area contributed by atoms with E-state index in [0.29, 0.717) is 0 Å². The fourth-order valence-electron chi connectivity index (χ4n) is 13.2. The molecule has 0 heterocycles. The summed E-state index contributed by atoms with van der Waals surface area (Å²) in [6.07, 6.45) is 6.59. The molecule has 0 atom stereocenters. The molecule has 332 valence electrons. The van der Waals surface area contributed by atoms with E-state index in [1.807, 2.05) is 0 Å². The molecule has 0 amide bonds. The average molecular weight is 893 g/mol. The van der Waals surface area contributed by atoms with Gasteiger partial charge in [0.15, 0.2) is 0 Å². The van der Waals surface area contributed by atoms with Gasteiger partial charge in [-0.25, -0.2) is 0 Å². The third-order valence-corrected chi connectivity index (χ3v) is 16.6. The average Bonchev–Trinajstić information content (AvgIpc) is 3.78. The highest BCUT2D eigenvalue weighted by molar-refractivity contribution is 6.22. The smallest absolute Gasteiger partial charge is 0.0159 e. The molecule has 11 aromatic rings. The summed E-state index contributed by atoms with van der Waals surface area (Å²) in [5.41, 5.74) is 26.5. The first-order valence-electron chi connectivity index (χ1n) is 25.1. The molecule has 0 heteroatoms. The molecule has 0 fully saturated rings. The molecule has 0 bridgehead atoms. The molecular weight excluding hydrogens is 841 g/mol. The Morgan fingerprint density at radius 2 is 0.629 bits per heavy atom. The van der Waals surface area contributed by atoms with Crippen LogP contribution in [0.4, 0.5) is 0 Å². The zero-order chi connectivity index (χ0) is 46.9.